The minimum Gasteiger partial charge on any atom is -0.452 e. The van der Waals surface area contributed by atoms with Crippen LogP contribution in [0.4, 0.5) is 11.4 Å². The van der Waals surface area contributed by atoms with Crippen molar-refractivity contribution >= 4 is 29.2 Å². The number of carbonyl (C=O) groups excluding carboxylic acids is 3. The Bertz CT molecular complexity index is 993. The van der Waals surface area contributed by atoms with Crippen LogP contribution in [0.1, 0.15) is 21.5 Å². The monoisotopic (exact) mass is 452 g/mol. The number of aryl methyl sites for hydroxylation is 2. The fourth-order valence-electron chi connectivity index (χ4n) is 3.76. The molecule has 1 saturated heterocycles. The number of hydrogen-bond donors (Lipinski definition) is 1. The van der Waals surface area contributed by atoms with Crippen molar-refractivity contribution in [1.29, 1.82) is 0 Å². The summed E-state index contributed by atoms with van der Waals surface area (Å²) in [5, 5.41) is 3.00. The van der Waals surface area contributed by atoms with Crippen molar-refractivity contribution in [3.63, 3.8) is 0 Å². The molecule has 1 aliphatic heterocycles. The minimum absolute atomic E-state index is 0.0685. The number of piperazine rings is 1. The number of hydrogen-bond acceptors (Lipinski definition) is 6. The number of esters is 1. The summed E-state index contributed by atoms with van der Waals surface area (Å²) in [6.45, 7) is 6.07. The third kappa shape index (κ3) is 6.55. The zero-order chi connectivity index (χ0) is 24.0. The van der Waals surface area contributed by atoms with Crippen LogP contribution >= 0.6 is 0 Å². The van der Waals surface area contributed by atoms with Gasteiger partial charge in [0.1, 0.15) is 0 Å². The van der Waals surface area contributed by atoms with E-state index in [4.69, 9.17) is 4.74 Å². The van der Waals surface area contributed by atoms with Gasteiger partial charge in [0.05, 0.1) is 12.1 Å². The standard InChI is InChI=1S/C25H32N4O4/c1-18-7-5-8-19(2)24(18)26-22(30)16-28-11-13-29(14-12-28)23(31)17-33-25(32)20-9-6-10-21(15-20)27(3)4/h5-10,15H,11-14,16-17H2,1-4H3,(H,26,30). The fourth-order valence-corrected chi connectivity index (χ4v) is 3.76. The van der Waals surface area contributed by atoms with Crippen LogP contribution in [-0.4, -0.2) is 81.0 Å². The molecule has 2 aromatic carbocycles. The summed E-state index contributed by atoms with van der Waals surface area (Å²) in [7, 11) is 3.78. The van der Waals surface area contributed by atoms with E-state index in [2.05, 4.69) is 5.32 Å². The first-order valence-corrected chi connectivity index (χ1v) is 11.1. The molecule has 0 bridgehead atoms. The van der Waals surface area contributed by atoms with Crippen LogP contribution in [0.5, 0.6) is 0 Å². The molecule has 2 aromatic rings. The molecule has 0 unspecified atom stereocenters. The molecule has 8 nitrogen and oxygen atoms in total. The van der Waals surface area contributed by atoms with Crippen LogP contribution in [0.2, 0.25) is 0 Å². The smallest absolute Gasteiger partial charge is 0.338 e. The highest BCUT2D eigenvalue weighted by Crippen LogP contribution is 2.19. The van der Waals surface area contributed by atoms with Gasteiger partial charge in [0.2, 0.25) is 5.91 Å². The Morgan fingerprint density at radius 1 is 0.970 bits per heavy atom. The van der Waals surface area contributed by atoms with Gasteiger partial charge in [-0.15, -0.1) is 0 Å². The first-order chi connectivity index (χ1) is 15.7. The van der Waals surface area contributed by atoms with E-state index in [-0.39, 0.29) is 25.0 Å². The second-order valence-corrected chi connectivity index (χ2v) is 8.49. The Hall–Kier alpha value is -3.39. The molecule has 1 heterocycles. The third-order valence-corrected chi connectivity index (χ3v) is 5.76. The number of amides is 2. The Kier molecular flexibility index (Phi) is 8.06. The van der Waals surface area contributed by atoms with Gasteiger partial charge in [-0.3, -0.25) is 14.5 Å². The van der Waals surface area contributed by atoms with E-state index >= 15 is 0 Å². The zero-order valence-corrected chi connectivity index (χ0v) is 19.8. The average Bonchev–Trinajstić information content (AvgIpc) is 2.80. The molecule has 2 amide bonds. The summed E-state index contributed by atoms with van der Waals surface area (Å²) < 4.78 is 5.23. The summed E-state index contributed by atoms with van der Waals surface area (Å²) in [5.74, 6) is -0.818. The van der Waals surface area contributed by atoms with Gasteiger partial charge in [-0.05, 0) is 43.2 Å². The summed E-state index contributed by atoms with van der Waals surface area (Å²) >= 11 is 0. The van der Waals surface area contributed by atoms with Crippen molar-refractivity contribution in [2.75, 3.05) is 63.6 Å². The van der Waals surface area contributed by atoms with Gasteiger partial charge in [-0.2, -0.15) is 0 Å². The molecule has 1 aliphatic rings. The molecule has 8 heteroatoms. The van der Waals surface area contributed by atoms with E-state index in [1.54, 1.807) is 23.1 Å². The third-order valence-electron chi connectivity index (χ3n) is 5.76. The van der Waals surface area contributed by atoms with Gasteiger partial charge in [-0.25, -0.2) is 4.79 Å². The zero-order valence-electron chi connectivity index (χ0n) is 19.8. The summed E-state index contributed by atoms with van der Waals surface area (Å²) in [6.07, 6.45) is 0. The van der Waals surface area contributed by atoms with E-state index in [1.165, 1.54) is 0 Å². The van der Waals surface area contributed by atoms with Gasteiger partial charge in [0.25, 0.3) is 5.91 Å². The highest BCUT2D eigenvalue weighted by Gasteiger charge is 2.23. The molecule has 3 rings (SSSR count). The Morgan fingerprint density at radius 3 is 2.24 bits per heavy atom. The normalized spacial score (nSPS) is 14.0. The van der Waals surface area contributed by atoms with E-state index in [9.17, 15) is 14.4 Å². The number of benzene rings is 2. The van der Waals surface area contributed by atoms with Crippen molar-refractivity contribution in [3.8, 4) is 0 Å². The van der Waals surface area contributed by atoms with Crippen LogP contribution < -0.4 is 10.2 Å². The average molecular weight is 453 g/mol. The molecule has 0 spiro atoms. The Labute approximate surface area is 195 Å². The Morgan fingerprint density at radius 2 is 1.61 bits per heavy atom. The highest BCUT2D eigenvalue weighted by atomic mass is 16.5. The summed E-state index contributed by atoms with van der Waals surface area (Å²) in [5.41, 5.74) is 4.21. The van der Waals surface area contributed by atoms with E-state index in [1.807, 2.05) is 62.0 Å². The van der Waals surface area contributed by atoms with Gasteiger partial charge in [-0.1, -0.05) is 24.3 Å². The quantitative estimate of drug-likeness (QED) is 0.650. The van der Waals surface area contributed by atoms with Crippen LogP contribution in [0.15, 0.2) is 42.5 Å². The number of para-hydroxylation sites is 1. The lowest BCUT2D eigenvalue weighted by Gasteiger charge is -2.34. The molecular formula is C25H32N4O4. The lowest BCUT2D eigenvalue weighted by molar-refractivity contribution is -0.136. The van der Waals surface area contributed by atoms with E-state index in [0.717, 1.165) is 22.5 Å². The maximum atomic E-state index is 12.5. The number of ether oxygens (including phenoxy) is 1. The van der Waals surface area contributed by atoms with Crippen LogP contribution in [0.3, 0.4) is 0 Å². The van der Waals surface area contributed by atoms with Gasteiger partial charge < -0.3 is 19.9 Å². The maximum Gasteiger partial charge on any atom is 0.338 e. The predicted octanol–water partition coefficient (Wildman–Crippen LogP) is 2.31. The maximum absolute atomic E-state index is 12.5. The van der Waals surface area contributed by atoms with Crippen LogP contribution in [0.25, 0.3) is 0 Å². The molecular weight excluding hydrogens is 420 g/mol. The van der Waals surface area contributed by atoms with Crippen molar-refractivity contribution in [1.82, 2.24) is 9.80 Å². The molecule has 1 fully saturated rings. The van der Waals surface area contributed by atoms with E-state index < -0.39 is 5.97 Å². The van der Waals surface area contributed by atoms with Gasteiger partial charge >= 0.3 is 5.97 Å². The molecule has 0 aliphatic carbocycles. The molecule has 0 aromatic heterocycles. The van der Waals surface area contributed by atoms with Crippen LogP contribution in [0, 0.1) is 13.8 Å². The van der Waals surface area contributed by atoms with E-state index in [0.29, 0.717) is 31.7 Å². The minimum atomic E-state index is -0.520. The first kappa shape index (κ1) is 24.3. The molecule has 0 atom stereocenters. The molecule has 0 radical (unpaired) electrons. The molecule has 1 N–H and O–H groups in total. The van der Waals surface area contributed by atoms with Gasteiger partial charge in [0.15, 0.2) is 6.61 Å². The number of nitrogens with zero attached hydrogens (tertiary/aromatic N) is 3. The van der Waals surface area contributed by atoms with Crippen molar-refractivity contribution < 1.29 is 19.1 Å². The topological polar surface area (TPSA) is 82.2 Å². The number of carbonyl (C=O) groups is 3. The molecule has 33 heavy (non-hydrogen) atoms. The van der Waals surface area contributed by atoms with Gasteiger partial charge in [0, 0.05) is 51.6 Å². The second kappa shape index (κ2) is 11.0. The Balaban J connectivity index is 1.43. The molecule has 0 saturated carbocycles. The number of nitrogens with one attached hydrogen (secondary N) is 1. The van der Waals surface area contributed by atoms with Crippen LogP contribution in [-0.2, 0) is 14.3 Å². The SMILES string of the molecule is Cc1cccc(C)c1NC(=O)CN1CCN(C(=O)COC(=O)c2cccc(N(C)C)c2)CC1. The lowest BCUT2D eigenvalue weighted by Crippen LogP contribution is -2.51. The first-order valence-electron chi connectivity index (χ1n) is 11.1. The highest BCUT2D eigenvalue weighted by molar-refractivity contribution is 5.94. The fraction of sp³-hybridized carbons (Fsp3) is 0.400. The molecule has 176 valence electrons. The largest absolute Gasteiger partial charge is 0.452 e. The summed E-state index contributed by atoms with van der Waals surface area (Å²) in [6, 6.07) is 13.0. The predicted molar refractivity (Wildman–Crippen MR) is 129 cm³/mol. The number of rotatable bonds is 7. The van der Waals surface area contributed by atoms with Crippen molar-refractivity contribution in [2.45, 2.75) is 13.8 Å². The summed E-state index contributed by atoms with van der Waals surface area (Å²) in [4.78, 5) is 42.9. The van der Waals surface area contributed by atoms with Crippen molar-refractivity contribution in [2.24, 2.45) is 0 Å². The number of anilines is 2. The van der Waals surface area contributed by atoms with Crippen molar-refractivity contribution in [3.05, 3.63) is 59.2 Å². The second-order valence-electron chi connectivity index (χ2n) is 8.49. The lowest BCUT2D eigenvalue weighted by atomic mass is 10.1.